The fraction of sp³-hybridized carbons (Fsp3) is 0. The van der Waals surface area contributed by atoms with Gasteiger partial charge in [-0.1, -0.05) is 375 Å². The van der Waals surface area contributed by atoms with Gasteiger partial charge < -0.3 is 13.3 Å². The van der Waals surface area contributed by atoms with Crippen molar-refractivity contribution in [2.45, 2.75) is 0 Å². The first-order valence-electron chi connectivity index (χ1n) is 55.3. The van der Waals surface area contributed by atoms with Gasteiger partial charge in [-0.15, -0.1) is 0 Å². The van der Waals surface area contributed by atoms with Gasteiger partial charge in [0, 0.05) is 32.3 Å². The topological polar surface area (TPSA) is 39.4 Å². The van der Waals surface area contributed by atoms with E-state index in [0.29, 0.717) is 78.0 Å². The molecule has 27 rings (SSSR count). The molecule has 0 saturated heterocycles. The molecular formula is C120H72O3. The summed E-state index contributed by atoms with van der Waals surface area (Å²) in [6.45, 7) is 0. The van der Waals surface area contributed by atoms with Crippen LogP contribution in [0.5, 0.6) is 0 Å². The highest BCUT2D eigenvalue weighted by molar-refractivity contribution is 6.29. The van der Waals surface area contributed by atoms with E-state index < -0.39 is 155 Å². The van der Waals surface area contributed by atoms with Crippen LogP contribution < -0.4 is 0 Å². The molecule has 0 fully saturated rings. The van der Waals surface area contributed by atoms with E-state index in [2.05, 4.69) is 0 Å². The van der Waals surface area contributed by atoms with Crippen LogP contribution in [-0.2, 0) is 0 Å². The van der Waals surface area contributed by atoms with Gasteiger partial charge in [0.25, 0.3) is 0 Å². The maximum absolute atomic E-state index is 9.30. The minimum atomic E-state index is -0.757. The quantitative estimate of drug-likeness (QED) is 0.156. The Morgan fingerprint density at radius 2 is 0.423 bits per heavy atom. The largest absolute Gasteiger partial charge is 0.456 e. The van der Waals surface area contributed by atoms with Crippen LogP contribution in [0, 0.1) is 0 Å². The van der Waals surface area contributed by atoms with Crippen molar-refractivity contribution in [3.05, 3.63) is 436 Å². The summed E-state index contributed by atoms with van der Waals surface area (Å²) >= 11 is 0. The Balaban J connectivity index is 0.000000119. The molecule has 0 unspecified atom stereocenters. The molecule has 0 atom stereocenters. The van der Waals surface area contributed by atoms with Gasteiger partial charge in [0.1, 0.15) is 33.5 Å². The van der Waals surface area contributed by atoms with E-state index in [0.717, 1.165) is 86.2 Å². The van der Waals surface area contributed by atoms with Crippen LogP contribution in [-0.4, -0.2) is 0 Å². The van der Waals surface area contributed by atoms with E-state index in [1.54, 1.807) is 30.3 Å². The highest BCUT2D eigenvalue weighted by atomic mass is 16.3. The Kier molecular flexibility index (Phi) is 10.5. The van der Waals surface area contributed by atoms with Crippen LogP contribution in [0.1, 0.15) is 42.5 Å². The fourth-order valence-electron chi connectivity index (χ4n) is 18.4. The van der Waals surface area contributed by atoms with Gasteiger partial charge in [0.2, 0.25) is 0 Å². The first-order valence-corrected chi connectivity index (χ1v) is 39.8. The molecule has 3 heterocycles. The van der Waals surface area contributed by atoms with E-state index in [4.69, 9.17) is 37.9 Å². The number of rotatable bonds is 6. The Bertz CT molecular complexity index is 10900. The Morgan fingerprint density at radius 1 is 0.146 bits per heavy atom. The van der Waals surface area contributed by atoms with E-state index in [-0.39, 0.29) is 130 Å². The maximum Gasteiger partial charge on any atom is 0.136 e. The summed E-state index contributed by atoms with van der Waals surface area (Å²) in [4.78, 5) is 0. The molecule has 0 N–H and O–H groups in total. The Labute approximate surface area is 750 Å². The number of benzene rings is 24. The van der Waals surface area contributed by atoms with Crippen LogP contribution in [0.2, 0.25) is 0 Å². The Hall–Kier alpha value is -16.2. The summed E-state index contributed by atoms with van der Waals surface area (Å²) in [5, 5.41) is 14.4. The highest BCUT2D eigenvalue weighted by Crippen LogP contribution is 2.52. The number of hydrogen-bond donors (Lipinski definition) is 0. The first kappa shape index (κ1) is 45.7. The maximum atomic E-state index is 9.30. The van der Waals surface area contributed by atoms with Gasteiger partial charge in [-0.05, 0) is 257 Å². The fourth-order valence-corrected chi connectivity index (χ4v) is 18.4. The summed E-state index contributed by atoms with van der Waals surface area (Å²) in [5.74, 6) is 0. The third kappa shape index (κ3) is 11.2. The average molecular weight is 1590 g/mol. The van der Waals surface area contributed by atoms with Gasteiger partial charge in [-0.2, -0.15) is 0 Å². The molecule has 0 amide bonds. The number of hydrogen-bond acceptors (Lipinski definition) is 3. The van der Waals surface area contributed by atoms with Crippen LogP contribution in [0.3, 0.4) is 0 Å². The lowest BCUT2D eigenvalue weighted by molar-refractivity contribution is 0.669. The minimum absolute atomic E-state index is 0.00547. The van der Waals surface area contributed by atoms with Crippen molar-refractivity contribution >= 4 is 195 Å². The van der Waals surface area contributed by atoms with E-state index in [9.17, 15) is 17.8 Å². The molecule has 27 aromatic rings. The predicted octanol–water partition coefficient (Wildman–Crippen LogP) is 34.6. The van der Waals surface area contributed by atoms with Crippen molar-refractivity contribution in [1.29, 1.82) is 0 Å². The normalized spacial score (nSPS) is 15.4. The van der Waals surface area contributed by atoms with Crippen LogP contribution in [0.25, 0.3) is 262 Å². The standard InChI is InChI=1S/3C40H24O/c2*1-3-13-28-25(10-1)12-9-19-30(28)39-33-17-7-5-15-31(33)38(32-16-6-8-18-34(32)39)27-20-22-35-37(24-27)41-36-23-21-26-11-2-4-14-29(26)40(35)36;1-2-11-27-23-28(18-17-25(27)9-1)38-31-13-5-7-15-33(31)39(34-16-8-6-14-32(34)38)29-19-21-35-37(24-29)41-36-22-20-26-10-3-4-12-30(26)40(35)36/h3*1-24H/i1D,3D,5D,6D,7D,8D,9D,10D,12D,13D,15D,16D,17D,18D,19D;5D,6D,7D,8D,15D,16D,17D,18D;5D,6D,7D,8D,13D,14D,15D,16D. The third-order valence-corrected chi connectivity index (χ3v) is 23.7. The first-order chi connectivity index (χ1) is 73.9. The molecule has 3 aromatic heterocycles. The molecule has 0 aliphatic carbocycles. The Morgan fingerprint density at radius 3 is 0.813 bits per heavy atom. The van der Waals surface area contributed by atoms with E-state index in [1.807, 2.05) is 218 Å². The molecule has 123 heavy (non-hydrogen) atoms. The molecule has 570 valence electrons. The summed E-state index contributed by atoms with van der Waals surface area (Å²) in [6, 6.07) is 62.3. The molecule has 0 radical (unpaired) electrons. The second kappa shape index (κ2) is 28.3. The second-order valence-electron chi connectivity index (χ2n) is 30.3. The van der Waals surface area contributed by atoms with Gasteiger partial charge in [0.15, 0.2) is 0 Å². The summed E-state index contributed by atoms with van der Waals surface area (Å²) < 4.78 is 296. The van der Waals surface area contributed by atoms with Crippen molar-refractivity contribution < 1.29 is 55.7 Å². The zero-order valence-electron chi connectivity index (χ0n) is 95.4. The zero-order chi connectivity index (χ0) is 108. The monoisotopic (exact) mass is 1590 g/mol. The van der Waals surface area contributed by atoms with Crippen molar-refractivity contribution in [2.24, 2.45) is 0 Å². The third-order valence-electron chi connectivity index (χ3n) is 23.7. The SMILES string of the molecule is [2H]c1c([2H])c([2H])c2c(-c3c4c([2H])c([2H])c([2H])c([2H])c4c(-c4ccc5c(c4)oc4ccc6ccccc6c45)c4c([2H])c([2H])c([2H])c([2H])c34)c([2H])c([2H])c([2H])c2c1[2H].[2H]c1c([2H])c([2H])c2c(-c3ccc4c(c3)oc3ccc5ccccc5c34)c3c([2H])c([2H])c([2H])c([2H])c3c(-c3ccc4ccccc4c3)c2c1[2H].[2H]c1c([2H])c([2H])c2c(-c3cccc4ccccc34)c3c([2H])c([2H])c([2H])c([2H])c3c(-c3ccc4c(c3)oc3ccc5ccccc5c34)c2c1[2H]. The van der Waals surface area contributed by atoms with Gasteiger partial charge >= 0.3 is 0 Å². The van der Waals surface area contributed by atoms with Crippen molar-refractivity contribution in [1.82, 2.24) is 0 Å². The van der Waals surface area contributed by atoms with Gasteiger partial charge in [-0.3, -0.25) is 0 Å². The number of fused-ring (bicyclic) bond motifs is 24. The van der Waals surface area contributed by atoms with Gasteiger partial charge in [-0.25, -0.2) is 0 Å². The van der Waals surface area contributed by atoms with Crippen molar-refractivity contribution in [3.63, 3.8) is 0 Å². The lowest BCUT2D eigenvalue weighted by Gasteiger charge is -2.18. The molecule has 3 nitrogen and oxygen atoms in total. The van der Waals surface area contributed by atoms with E-state index in [1.165, 1.54) is 0 Å². The second-order valence-corrected chi connectivity index (χ2v) is 30.3. The summed E-state index contributed by atoms with van der Waals surface area (Å²) in [7, 11) is 0. The van der Waals surface area contributed by atoms with E-state index >= 15 is 0 Å². The molecule has 0 spiro atoms. The molecule has 24 aromatic carbocycles. The van der Waals surface area contributed by atoms with Gasteiger partial charge in [0.05, 0.1) is 42.5 Å². The lowest BCUT2D eigenvalue weighted by atomic mass is 9.84. The molecule has 0 aliphatic rings. The molecule has 0 saturated carbocycles. The summed E-state index contributed by atoms with van der Waals surface area (Å²) in [6.07, 6.45) is 0. The van der Waals surface area contributed by atoms with Crippen LogP contribution in [0.4, 0.5) is 0 Å². The van der Waals surface area contributed by atoms with Crippen LogP contribution >= 0.6 is 0 Å². The van der Waals surface area contributed by atoms with Crippen molar-refractivity contribution in [3.8, 4) is 66.8 Å². The average Bonchev–Trinajstić information content (AvgIpc) is 0.768. The van der Waals surface area contributed by atoms with Crippen molar-refractivity contribution in [2.75, 3.05) is 0 Å². The smallest absolute Gasteiger partial charge is 0.136 e. The zero-order valence-corrected chi connectivity index (χ0v) is 64.4. The minimum Gasteiger partial charge on any atom is -0.456 e. The highest BCUT2D eigenvalue weighted by Gasteiger charge is 2.25. The molecular weight excluding hydrogens is 1490 g/mol. The predicted molar refractivity (Wildman–Crippen MR) is 524 cm³/mol. The molecule has 3 heteroatoms. The number of furan rings is 3. The van der Waals surface area contributed by atoms with Crippen LogP contribution in [0.15, 0.2) is 449 Å². The summed E-state index contributed by atoms with van der Waals surface area (Å²) in [5.41, 5.74) is 6.37. The molecule has 0 bridgehead atoms. The lowest BCUT2D eigenvalue weighted by Crippen LogP contribution is -1.91. The molecule has 0 aliphatic heterocycles.